The zero-order chi connectivity index (χ0) is 23.5. The van der Waals surface area contributed by atoms with Crippen LogP contribution in [-0.2, 0) is 6.61 Å². The summed E-state index contributed by atoms with van der Waals surface area (Å²) in [4.78, 5) is 27.7. The molecule has 0 atom stereocenters. The first-order chi connectivity index (χ1) is 15.9. The van der Waals surface area contributed by atoms with Gasteiger partial charge in [-0.2, -0.15) is 5.10 Å². The second kappa shape index (κ2) is 9.94. The number of H-pyrrole nitrogens is 1. The highest BCUT2D eigenvalue weighted by Crippen LogP contribution is 2.42. The molecule has 0 unspecified atom stereocenters. The fourth-order valence-corrected chi connectivity index (χ4v) is 4.02. The minimum Gasteiger partial charge on any atom is -0.493 e. The van der Waals surface area contributed by atoms with Gasteiger partial charge in [-0.25, -0.2) is 4.79 Å². The summed E-state index contributed by atoms with van der Waals surface area (Å²) in [6, 6.07) is 16.1. The lowest BCUT2D eigenvalue weighted by atomic mass is 10.2. The molecule has 3 aromatic carbocycles. The molecule has 33 heavy (non-hydrogen) atoms. The summed E-state index contributed by atoms with van der Waals surface area (Å²) in [7, 11) is 1.49. The standard InChI is InChI=1S/C23H16Br2ClN3O4/c1-32-18-10-14(11-27-29-22(30)16-4-2-3-5-17(16)28-23(29)31)19(25)20(26)21(18)33-12-13-6-8-15(24)9-7-13/h2-11H,12H2,1H3,(H,28,31). The maximum Gasteiger partial charge on any atom is 0.349 e. The van der Waals surface area contributed by atoms with Crippen LogP contribution in [0.1, 0.15) is 11.1 Å². The smallest absolute Gasteiger partial charge is 0.349 e. The molecule has 0 spiro atoms. The fraction of sp³-hybridized carbons (Fsp3) is 0.0870. The minimum absolute atomic E-state index is 0.271. The molecule has 0 amide bonds. The molecule has 7 nitrogen and oxygen atoms in total. The number of halogens is 3. The van der Waals surface area contributed by atoms with E-state index in [9.17, 15) is 9.59 Å². The van der Waals surface area contributed by atoms with Crippen LogP contribution in [-0.4, -0.2) is 23.0 Å². The number of ether oxygens (including phenoxy) is 2. The van der Waals surface area contributed by atoms with Crippen molar-refractivity contribution in [1.82, 2.24) is 9.66 Å². The number of nitrogens with one attached hydrogen (secondary N) is 1. The first kappa shape index (κ1) is 23.3. The maximum absolute atomic E-state index is 12.7. The Morgan fingerprint density at radius 1 is 1.12 bits per heavy atom. The highest BCUT2D eigenvalue weighted by molar-refractivity contribution is 9.10. The number of nitrogens with zero attached hydrogens (tertiary/aromatic N) is 2. The summed E-state index contributed by atoms with van der Waals surface area (Å²) >= 11 is 13.4. The van der Waals surface area contributed by atoms with Crippen molar-refractivity contribution in [1.29, 1.82) is 0 Å². The summed E-state index contributed by atoms with van der Waals surface area (Å²) in [5, 5.41) is 4.70. The molecule has 1 aromatic heterocycles. The maximum atomic E-state index is 12.7. The number of para-hydroxylation sites is 1. The van der Waals surface area contributed by atoms with Crippen molar-refractivity contribution in [3.05, 3.63) is 101 Å². The molecule has 1 heterocycles. The van der Waals surface area contributed by atoms with E-state index in [1.165, 1.54) is 13.3 Å². The molecule has 0 saturated carbocycles. The van der Waals surface area contributed by atoms with Crippen molar-refractivity contribution >= 4 is 60.6 Å². The molecular weight excluding hydrogens is 578 g/mol. The molecule has 168 valence electrons. The highest BCUT2D eigenvalue weighted by atomic mass is 79.9. The third kappa shape index (κ3) is 4.90. The molecule has 1 N–H and O–H groups in total. The zero-order valence-corrected chi connectivity index (χ0v) is 21.1. The van der Waals surface area contributed by atoms with Gasteiger partial charge in [-0.1, -0.05) is 51.8 Å². The summed E-state index contributed by atoms with van der Waals surface area (Å²) in [6.07, 6.45) is 1.35. The molecular formula is C23H16Br2ClN3O4. The van der Waals surface area contributed by atoms with Crippen molar-refractivity contribution in [2.45, 2.75) is 6.61 Å². The van der Waals surface area contributed by atoms with Crippen LogP contribution in [0.25, 0.3) is 10.9 Å². The largest absolute Gasteiger partial charge is 0.493 e. The number of aromatic amines is 1. The molecule has 4 rings (SSSR count). The summed E-state index contributed by atoms with van der Waals surface area (Å²) in [5.74, 6) is 0.730. The molecule has 0 aliphatic heterocycles. The SMILES string of the molecule is COc1cc(C=Nn2c(=O)[nH]c3ccccc3c2=O)c(Br)c(Cl)c1OCc1ccc(Br)cc1. The van der Waals surface area contributed by atoms with Crippen molar-refractivity contribution in [2.75, 3.05) is 7.11 Å². The molecule has 0 aliphatic carbocycles. The lowest BCUT2D eigenvalue weighted by Crippen LogP contribution is -2.32. The van der Waals surface area contributed by atoms with Crippen LogP contribution < -0.4 is 20.7 Å². The van der Waals surface area contributed by atoms with Crippen molar-refractivity contribution in [2.24, 2.45) is 5.10 Å². The number of hydrogen-bond donors (Lipinski definition) is 1. The van der Waals surface area contributed by atoms with Gasteiger partial charge in [0.05, 0.1) is 24.2 Å². The van der Waals surface area contributed by atoms with Crippen LogP contribution in [0, 0.1) is 0 Å². The predicted octanol–water partition coefficient (Wildman–Crippen LogP) is 5.34. The van der Waals surface area contributed by atoms with Crippen LogP contribution in [0.4, 0.5) is 0 Å². The number of benzene rings is 3. The number of methoxy groups -OCH3 is 1. The summed E-state index contributed by atoms with van der Waals surface area (Å²) in [5.41, 5.74) is 0.699. The average Bonchev–Trinajstić information content (AvgIpc) is 2.81. The average molecular weight is 594 g/mol. The van der Waals surface area contributed by atoms with Gasteiger partial charge in [-0.05, 0) is 51.8 Å². The van der Waals surface area contributed by atoms with Gasteiger partial charge in [0.15, 0.2) is 11.5 Å². The van der Waals surface area contributed by atoms with Crippen molar-refractivity contribution in [3.8, 4) is 11.5 Å². The fourth-order valence-electron chi connectivity index (χ4n) is 3.10. The lowest BCUT2D eigenvalue weighted by molar-refractivity contribution is 0.284. The summed E-state index contributed by atoms with van der Waals surface area (Å²) < 4.78 is 13.6. The van der Waals surface area contributed by atoms with Crippen LogP contribution >= 0.6 is 43.5 Å². The summed E-state index contributed by atoms with van der Waals surface area (Å²) in [6.45, 7) is 0.283. The van der Waals surface area contributed by atoms with Crippen LogP contribution in [0.5, 0.6) is 11.5 Å². The van der Waals surface area contributed by atoms with Gasteiger partial charge >= 0.3 is 5.69 Å². The normalized spacial score (nSPS) is 11.3. The Morgan fingerprint density at radius 2 is 1.85 bits per heavy atom. The number of fused-ring (bicyclic) bond motifs is 1. The molecule has 0 saturated heterocycles. The Balaban J connectivity index is 1.68. The monoisotopic (exact) mass is 591 g/mol. The van der Waals surface area contributed by atoms with Crippen LogP contribution in [0.15, 0.2) is 78.2 Å². The van der Waals surface area contributed by atoms with Crippen molar-refractivity contribution < 1.29 is 9.47 Å². The molecule has 0 radical (unpaired) electrons. The Morgan fingerprint density at radius 3 is 2.58 bits per heavy atom. The van der Waals surface area contributed by atoms with Crippen LogP contribution in [0.3, 0.4) is 0 Å². The molecule has 4 aromatic rings. The van der Waals surface area contributed by atoms with Gasteiger partial charge in [0.25, 0.3) is 5.56 Å². The second-order valence-corrected chi connectivity index (χ2v) is 8.96. The molecule has 0 fully saturated rings. The highest BCUT2D eigenvalue weighted by Gasteiger charge is 2.17. The number of rotatable bonds is 6. The van der Waals surface area contributed by atoms with Crippen molar-refractivity contribution in [3.63, 3.8) is 0 Å². The van der Waals surface area contributed by atoms with E-state index in [4.69, 9.17) is 21.1 Å². The first-order valence-corrected chi connectivity index (χ1v) is 11.6. The topological polar surface area (TPSA) is 85.7 Å². The van der Waals surface area contributed by atoms with Gasteiger partial charge in [0.2, 0.25) is 0 Å². The second-order valence-electron chi connectivity index (χ2n) is 6.88. The lowest BCUT2D eigenvalue weighted by Gasteiger charge is -2.15. The van der Waals surface area contributed by atoms with E-state index in [2.05, 4.69) is 41.9 Å². The van der Waals surface area contributed by atoms with E-state index < -0.39 is 11.2 Å². The Hall–Kier alpha value is -2.88. The Kier molecular flexibility index (Phi) is 7.02. The molecule has 0 bridgehead atoms. The Labute approximate surface area is 209 Å². The van der Waals surface area contributed by atoms with Gasteiger partial charge in [-0.15, -0.1) is 4.68 Å². The van der Waals surface area contributed by atoms with Gasteiger partial charge < -0.3 is 14.5 Å². The molecule has 10 heteroatoms. The minimum atomic E-state index is -0.654. The number of aromatic nitrogens is 2. The third-order valence-electron chi connectivity index (χ3n) is 4.77. The number of hydrogen-bond acceptors (Lipinski definition) is 5. The van der Waals surface area contributed by atoms with E-state index in [-0.39, 0.29) is 11.6 Å². The van der Waals surface area contributed by atoms with E-state index in [0.29, 0.717) is 32.4 Å². The quantitative estimate of drug-likeness (QED) is 0.306. The third-order valence-corrected chi connectivity index (χ3v) is 6.74. The zero-order valence-electron chi connectivity index (χ0n) is 17.1. The first-order valence-electron chi connectivity index (χ1n) is 9.60. The van der Waals surface area contributed by atoms with E-state index in [0.717, 1.165) is 14.7 Å². The van der Waals surface area contributed by atoms with E-state index >= 15 is 0 Å². The van der Waals surface area contributed by atoms with Gasteiger partial charge in [-0.3, -0.25) is 4.79 Å². The predicted molar refractivity (Wildman–Crippen MR) is 136 cm³/mol. The van der Waals surface area contributed by atoms with Gasteiger partial charge in [0.1, 0.15) is 11.6 Å². The van der Waals surface area contributed by atoms with Crippen LogP contribution in [0.2, 0.25) is 5.02 Å². The van der Waals surface area contributed by atoms with E-state index in [1.54, 1.807) is 30.3 Å². The molecule has 0 aliphatic rings. The van der Waals surface area contributed by atoms with E-state index in [1.807, 2.05) is 24.3 Å². The Bertz CT molecular complexity index is 1480. The van der Waals surface area contributed by atoms with Gasteiger partial charge in [0, 0.05) is 14.5 Å².